The zero-order chi connectivity index (χ0) is 17.0. The molecule has 24 heavy (non-hydrogen) atoms. The lowest BCUT2D eigenvalue weighted by Crippen LogP contribution is -2.30. The van der Waals surface area contributed by atoms with Crippen LogP contribution >= 0.6 is 11.3 Å². The quantitative estimate of drug-likeness (QED) is 0.799. The van der Waals surface area contributed by atoms with Gasteiger partial charge in [0.1, 0.15) is 0 Å². The molecule has 3 rings (SSSR count). The highest BCUT2D eigenvalue weighted by atomic mass is 32.1. The fourth-order valence-electron chi connectivity index (χ4n) is 3.07. The van der Waals surface area contributed by atoms with Crippen molar-refractivity contribution in [3.63, 3.8) is 0 Å². The number of hydrogen-bond donors (Lipinski definition) is 0. The van der Waals surface area contributed by atoms with Crippen LogP contribution in [0.1, 0.15) is 22.4 Å². The minimum absolute atomic E-state index is 0.561. The van der Waals surface area contributed by atoms with Gasteiger partial charge in [0.25, 0.3) is 0 Å². The number of nitrogens with zero attached hydrogens (tertiary/aromatic N) is 2. The highest BCUT2D eigenvalue weighted by Gasteiger charge is 2.30. The smallest absolute Gasteiger partial charge is 0.298 e. The molecular weight excluding hydrogens is 333 g/mol. The van der Waals surface area contributed by atoms with Gasteiger partial charge in [-0.25, -0.2) is 0 Å². The first-order valence-electron chi connectivity index (χ1n) is 8.14. The van der Waals surface area contributed by atoms with E-state index in [4.69, 9.17) is 0 Å². The molecule has 0 unspecified atom stereocenters. The zero-order valence-corrected chi connectivity index (χ0v) is 14.2. The molecule has 0 bridgehead atoms. The molecule has 2 nitrogen and oxygen atoms in total. The van der Waals surface area contributed by atoms with Gasteiger partial charge in [0.05, 0.1) is 5.56 Å². The van der Waals surface area contributed by atoms with Crippen LogP contribution in [-0.2, 0) is 19.3 Å². The van der Waals surface area contributed by atoms with Crippen LogP contribution in [0.4, 0.5) is 13.2 Å². The Morgan fingerprint density at radius 3 is 2.33 bits per heavy atom. The minimum atomic E-state index is -4.27. The van der Waals surface area contributed by atoms with Crippen LogP contribution < -0.4 is 0 Å². The second-order valence-corrected chi connectivity index (χ2v) is 7.22. The first-order valence-corrected chi connectivity index (χ1v) is 9.02. The number of rotatable bonds is 4. The Labute approximate surface area is 144 Å². The maximum Gasteiger partial charge on any atom is 0.416 e. The molecule has 1 saturated heterocycles. The van der Waals surface area contributed by atoms with Crippen LogP contribution in [0.3, 0.4) is 0 Å². The average molecular weight is 354 g/mol. The summed E-state index contributed by atoms with van der Waals surface area (Å²) in [5.41, 5.74) is 0.172. The predicted octanol–water partition coefficient (Wildman–Crippen LogP) is 4.47. The summed E-state index contributed by atoms with van der Waals surface area (Å²) in [5.74, 6) is 0. The highest BCUT2D eigenvalue weighted by Crippen LogP contribution is 2.29. The van der Waals surface area contributed by atoms with Crippen molar-refractivity contribution in [2.24, 2.45) is 0 Å². The Bertz CT molecular complexity index is 640. The van der Waals surface area contributed by atoms with Crippen molar-refractivity contribution >= 4 is 11.3 Å². The predicted molar refractivity (Wildman–Crippen MR) is 90.9 cm³/mol. The van der Waals surface area contributed by atoms with E-state index < -0.39 is 11.7 Å². The molecule has 1 aliphatic heterocycles. The summed E-state index contributed by atoms with van der Waals surface area (Å²) in [6.07, 6.45) is -3.23. The third-order valence-corrected chi connectivity index (χ3v) is 5.16. The van der Waals surface area contributed by atoms with E-state index in [1.54, 1.807) is 17.4 Å². The van der Waals surface area contributed by atoms with E-state index in [1.165, 1.54) is 17.0 Å². The minimum Gasteiger partial charge on any atom is -0.298 e. The van der Waals surface area contributed by atoms with E-state index in [-0.39, 0.29) is 0 Å². The number of thiophene rings is 1. The monoisotopic (exact) mass is 354 g/mol. The lowest BCUT2D eigenvalue weighted by atomic mass is 10.1. The molecule has 2 aromatic rings. The molecule has 1 aliphatic rings. The summed E-state index contributed by atoms with van der Waals surface area (Å²) < 4.78 is 38.5. The van der Waals surface area contributed by atoms with Crippen LogP contribution in [0.25, 0.3) is 0 Å². The fraction of sp³-hybridized carbons (Fsp3) is 0.444. The zero-order valence-electron chi connectivity index (χ0n) is 13.4. The third-order valence-electron chi connectivity index (χ3n) is 4.30. The van der Waals surface area contributed by atoms with Gasteiger partial charge in [-0.05, 0) is 42.6 Å². The normalized spacial score (nSPS) is 17.8. The third kappa shape index (κ3) is 4.82. The van der Waals surface area contributed by atoms with Crippen LogP contribution in [0.5, 0.6) is 0 Å². The lowest BCUT2D eigenvalue weighted by molar-refractivity contribution is -0.137. The molecule has 1 aromatic heterocycles. The first kappa shape index (κ1) is 17.5. The van der Waals surface area contributed by atoms with E-state index >= 15 is 0 Å². The standard InChI is InChI=1S/C18H21F3N2S/c19-18(20,21)16-5-1-4-15(12-16)13-22-7-3-8-23(10-9-22)14-17-6-2-11-24-17/h1-2,4-6,11-12H,3,7-10,13-14H2. The molecule has 130 valence electrons. The second kappa shape index (κ2) is 7.68. The van der Waals surface area contributed by atoms with Gasteiger partial charge >= 0.3 is 6.18 Å². The molecule has 2 heterocycles. The summed E-state index contributed by atoms with van der Waals surface area (Å²) >= 11 is 1.77. The van der Waals surface area contributed by atoms with E-state index in [9.17, 15) is 13.2 Å². The molecule has 0 radical (unpaired) electrons. The van der Waals surface area contributed by atoms with Crippen LogP contribution in [0, 0.1) is 0 Å². The average Bonchev–Trinajstić information content (AvgIpc) is 2.95. The highest BCUT2D eigenvalue weighted by molar-refractivity contribution is 7.09. The number of hydrogen-bond acceptors (Lipinski definition) is 3. The van der Waals surface area contributed by atoms with E-state index in [2.05, 4.69) is 27.3 Å². The van der Waals surface area contributed by atoms with Crippen molar-refractivity contribution < 1.29 is 13.2 Å². The molecule has 1 aromatic carbocycles. The lowest BCUT2D eigenvalue weighted by Gasteiger charge is -2.22. The molecule has 6 heteroatoms. The van der Waals surface area contributed by atoms with Crippen LogP contribution in [-0.4, -0.2) is 36.0 Å². The van der Waals surface area contributed by atoms with Crippen molar-refractivity contribution in [1.82, 2.24) is 9.80 Å². The maximum atomic E-state index is 12.8. The number of alkyl halides is 3. The molecule has 1 fully saturated rings. The van der Waals surface area contributed by atoms with Crippen LogP contribution in [0.2, 0.25) is 0 Å². The molecule has 0 N–H and O–H groups in total. The molecule has 0 aliphatic carbocycles. The van der Waals surface area contributed by atoms with Gasteiger partial charge in [0.2, 0.25) is 0 Å². The van der Waals surface area contributed by atoms with E-state index in [1.807, 2.05) is 0 Å². The Balaban J connectivity index is 1.57. The molecule has 0 spiro atoms. The van der Waals surface area contributed by atoms with Gasteiger partial charge in [-0.15, -0.1) is 11.3 Å². The Morgan fingerprint density at radius 1 is 0.917 bits per heavy atom. The van der Waals surface area contributed by atoms with Crippen molar-refractivity contribution in [1.29, 1.82) is 0 Å². The first-order chi connectivity index (χ1) is 11.5. The Kier molecular flexibility index (Phi) is 5.58. The summed E-state index contributed by atoms with van der Waals surface area (Å²) in [5, 5.41) is 2.09. The van der Waals surface area contributed by atoms with Crippen LogP contribution in [0.15, 0.2) is 41.8 Å². The molecular formula is C18H21F3N2S. The van der Waals surface area contributed by atoms with Crippen molar-refractivity contribution in [3.05, 3.63) is 57.8 Å². The summed E-state index contributed by atoms with van der Waals surface area (Å²) in [7, 11) is 0. The topological polar surface area (TPSA) is 6.48 Å². The SMILES string of the molecule is FC(F)(F)c1cccc(CN2CCCN(Cc3cccs3)CC2)c1. The second-order valence-electron chi connectivity index (χ2n) is 6.18. The Morgan fingerprint density at radius 2 is 1.67 bits per heavy atom. The molecule has 0 amide bonds. The molecule has 0 saturated carbocycles. The van der Waals surface area contributed by atoms with Gasteiger partial charge in [-0.2, -0.15) is 13.2 Å². The summed E-state index contributed by atoms with van der Waals surface area (Å²) in [6, 6.07) is 9.90. The Hall–Kier alpha value is -1.37. The maximum absolute atomic E-state index is 12.8. The largest absolute Gasteiger partial charge is 0.416 e. The number of benzene rings is 1. The van der Waals surface area contributed by atoms with Gasteiger partial charge < -0.3 is 0 Å². The van der Waals surface area contributed by atoms with Gasteiger partial charge in [-0.3, -0.25) is 9.80 Å². The van der Waals surface area contributed by atoms with Crippen molar-refractivity contribution in [2.45, 2.75) is 25.7 Å². The summed E-state index contributed by atoms with van der Waals surface area (Å²) in [4.78, 5) is 6.04. The van der Waals surface area contributed by atoms with E-state index in [0.29, 0.717) is 6.54 Å². The fourth-order valence-corrected chi connectivity index (χ4v) is 3.81. The van der Waals surface area contributed by atoms with Gasteiger partial charge in [0, 0.05) is 31.1 Å². The van der Waals surface area contributed by atoms with Crippen molar-refractivity contribution in [2.75, 3.05) is 26.2 Å². The van der Waals surface area contributed by atoms with Gasteiger partial charge in [0.15, 0.2) is 0 Å². The van der Waals surface area contributed by atoms with Gasteiger partial charge in [-0.1, -0.05) is 24.3 Å². The van der Waals surface area contributed by atoms with E-state index in [0.717, 1.165) is 50.8 Å². The number of halogens is 3. The summed E-state index contributed by atoms with van der Waals surface area (Å²) in [6.45, 7) is 5.36. The molecule has 0 atom stereocenters. The van der Waals surface area contributed by atoms with Crippen molar-refractivity contribution in [3.8, 4) is 0 Å².